The summed E-state index contributed by atoms with van der Waals surface area (Å²) in [4.78, 5) is 15.4. The molecule has 5 heteroatoms. The highest BCUT2D eigenvalue weighted by Gasteiger charge is 2.11. The second-order valence-corrected chi connectivity index (χ2v) is 7.31. The molecule has 3 rings (SSSR count). The molecule has 0 saturated heterocycles. The minimum Gasteiger partial charge on any atom is -0.497 e. The summed E-state index contributed by atoms with van der Waals surface area (Å²) >= 11 is 0. The zero-order valence-electron chi connectivity index (χ0n) is 17.6. The van der Waals surface area contributed by atoms with Crippen LogP contribution in [0.5, 0.6) is 5.75 Å². The average Bonchev–Trinajstić information content (AvgIpc) is 2.77. The maximum Gasteiger partial charge on any atom is 0.335 e. The van der Waals surface area contributed by atoms with Gasteiger partial charge in [-0.15, -0.1) is 0 Å². The molecule has 0 fully saturated rings. The smallest absolute Gasteiger partial charge is 0.335 e. The Labute approximate surface area is 182 Å². The first kappa shape index (κ1) is 22.1. The number of benzene rings is 2. The van der Waals surface area contributed by atoms with E-state index in [2.05, 4.69) is 16.8 Å². The number of aliphatic hydroxyl groups is 1. The summed E-state index contributed by atoms with van der Waals surface area (Å²) in [7, 11) is 1.64. The fourth-order valence-electron chi connectivity index (χ4n) is 3.25. The summed E-state index contributed by atoms with van der Waals surface area (Å²) < 4.78 is 5.23. The second kappa shape index (κ2) is 10.4. The van der Waals surface area contributed by atoms with Crippen LogP contribution in [0.3, 0.4) is 0 Å². The van der Waals surface area contributed by atoms with Crippen LogP contribution in [-0.4, -0.2) is 28.3 Å². The minimum absolute atomic E-state index is 0.256. The summed E-state index contributed by atoms with van der Waals surface area (Å²) in [6.45, 7) is 1.88. The third-order valence-corrected chi connectivity index (χ3v) is 4.91. The zero-order chi connectivity index (χ0) is 22.2. The molecule has 0 spiro atoms. The molecule has 0 bridgehead atoms. The van der Waals surface area contributed by atoms with E-state index in [1.54, 1.807) is 31.4 Å². The maximum absolute atomic E-state index is 10.9. The Morgan fingerprint density at radius 2 is 1.87 bits per heavy atom. The van der Waals surface area contributed by atoms with E-state index in [0.717, 1.165) is 28.1 Å². The monoisotopic (exact) mass is 415 g/mol. The van der Waals surface area contributed by atoms with Crippen molar-refractivity contribution in [2.24, 2.45) is 0 Å². The van der Waals surface area contributed by atoms with Crippen LogP contribution in [0.2, 0.25) is 0 Å². The van der Waals surface area contributed by atoms with Gasteiger partial charge in [0.25, 0.3) is 0 Å². The summed E-state index contributed by atoms with van der Waals surface area (Å²) in [5, 5.41) is 19.6. The molecule has 0 aliphatic heterocycles. The van der Waals surface area contributed by atoms with E-state index < -0.39 is 12.1 Å². The third-order valence-electron chi connectivity index (χ3n) is 4.91. The molecule has 31 heavy (non-hydrogen) atoms. The number of pyridine rings is 1. The van der Waals surface area contributed by atoms with Crippen LogP contribution in [0.1, 0.15) is 51.0 Å². The predicted octanol–water partition coefficient (Wildman–Crippen LogP) is 4.36. The number of aliphatic hydroxyl groups excluding tert-OH is 1. The average molecular weight is 415 g/mol. The lowest BCUT2D eigenvalue weighted by atomic mass is 10.00. The number of hydrogen-bond acceptors (Lipinski definition) is 4. The molecule has 2 aromatic carbocycles. The van der Waals surface area contributed by atoms with Crippen molar-refractivity contribution in [3.8, 4) is 17.6 Å². The van der Waals surface area contributed by atoms with Crippen molar-refractivity contribution < 1.29 is 19.7 Å². The van der Waals surface area contributed by atoms with Gasteiger partial charge in [0.05, 0.1) is 18.8 Å². The van der Waals surface area contributed by atoms with Crippen LogP contribution < -0.4 is 4.74 Å². The SMILES string of the molecule is COc1cccc(CC#Cc2cc(C(O)CCc3ccc(C(=O)O)cc3)cc(C)n2)c1. The molecule has 1 unspecified atom stereocenters. The van der Waals surface area contributed by atoms with Gasteiger partial charge in [-0.1, -0.05) is 30.2 Å². The van der Waals surface area contributed by atoms with E-state index in [1.165, 1.54) is 0 Å². The van der Waals surface area contributed by atoms with Gasteiger partial charge >= 0.3 is 5.97 Å². The highest BCUT2D eigenvalue weighted by Crippen LogP contribution is 2.21. The second-order valence-electron chi connectivity index (χ2n) is 7.31. The lowest BCUT2D eigenvalue weighted by Gasteiger charge is -2.12. The highest BCUT2D eigenvalue weighted by molar-refractivity contribution is 5.87. The van der Waals surface area contributed by atoms with Crippen molar-refractivity contribution in [3.05, 3.63) is 94.3 Å². The van der Waals surface area contributed by atoms with Gasteiger partial charge in [0.1, 0.15) is 11.4 Å². The minimum atomic E-state index is -0.945. The number of rotatable bonds is 7. The van der Waals surface area contributed by atoms with E-state index in [1.807, 2.05) is 43.3 Å². The van der Waals surface area contributed by atoms with Gasteiger partial charge in [0, 0.05) is 12.1 Å². The van der Waals surface area contributed by atoms with Crippen LogP contribution in [0.4, 0.5) is 0 Å². The fraction of sp³-hybridized carbons (Fsp3) is 0.231. The first-order valence-electron chi connectivity index (χ1n) is 10.1. The quantitative estimate of drug-likeness (QED) is 0.561. The van der Waals surface area contributed by atoms with Crippen molar-refractivity contribution in [2.45, 2.75) is 32.3 Å². The normalized spacial score (nSPS) is 11.3. The zero-order valence-corrected chi connectivity index (χ0v) is 17.6. The van der Waals surface area contributed by atoms with Crippen LogP contribution >= 0.6 is 0 Å². The number of nitrogens with zero attached hydrogens (tertiary/aromatic N) is 1. The van der Waals surface area contributed by atoms with Gasteiger partial charge in [-0.2, -0.15) is 0 Å². The van der Waals surface area contributed by atoms with E-state index in [9.17, 15) is 9.90 Å². The van der Waals surface area contributed by atoms with Gasteiger partial charge in [-0.25, -0.2) is 9.78 Å². The van der Waals surface area contributed by atoms with Crippen LogP contribution in [0, 0.1) is 18.8 Å². The molecular formula is C26H25NO4. The number of carboxylic acid groups (broad SMARTS) is 1. The molecule has 0 saturated carbocycles. The number of aromatic carboxylic acids is 1. The molecular weight excluding hydrogens is 390 g/mol. The van der Waals surface area contributed by atoms with Crippen molar-refractivity contribution in [2.75, 3.05) is 7.11 Å². The van der Waals surface area contributed by atoms with Crippen molar-refractivity contribution >= 4 is 5.97 Å². The van der Waals surface area contributed by atoms with Gasteiger partial charge in [-0.05, 0) is 78.8 Å². The Morgan fingerprint density at radius 1 is 1.10 bits per heavy atom. The van der Waals surface area contributed by atoms with Crippen molar-refractivity contribution in [1.29, 1.82) is 0 Å². The standard InChI is InChI=1S/C26H25NO4/c1-18-15-22(25(28)14-11-19-9-12-21(13-10-19)26(29)30)17-23(27-18)7-3-5-20-6-4-8-24(16-20)31-2/h4,6,8-10,12-13,15-17,25,28H,5,11,14H2,1-2H3,(H,29,30). The number of aromatic nitrogens is 1. The molecule has 5 nitrogen and oxygen atoms in total. The summed E-state index contributed by atoms with van der Waals surface area (Å²) in [5.41, 5.74) is 4.50. The van der Waals surface area contributed by atoms with E-state index in [-0.39, 0.29) is 5.56 Å². The van der Waals surface area contributed by atoms with E-state index in [4.69, 9.17) is 9.84 Å². The third kappa shape index (κ3) is 6.43. The molecule has 2 N–H and O–H groups in total. The summed E-state index contributed by atoms with van der Waals surface area (Å²) in [6, 6.07) is 18.2. The maximum atomic E-state index is 10.9. The van der Waals surface area contributed by atoms with Crippen LogP contribution in [-0.2, 0) is 12.8 Å². The Morgan fingerprint density at radius 3 is 2.58 bits per heavy atom. The molecule has 3 aromatic rings. The molecule has 0 aliphatic carbocycles. The van der Waals surface area contributed by atoms with Crippen molar-refractivity contribution in [1.82, 2.24) is 4.98 Å². The highest BCUT2D eigenvalue weighted by atomic mass is 16.5. The van der Waals surface area contributed by atoms with Crippen LogP contribution in [0.25, 0.3) is 0 Å². The number of hydrogen-bond donors (Lipinski definition) is 2. The van der Waals surface area contributed by atoms with Gasteiger partial charge in [0.15, 0.2) is 0 Å². The number of methoxy groups -OCH3 is 1. The first-order chi connectivity index (χ1) is 14.9. The molecule has 0 amide bonds. The molecule has 0 radical (unpaired) electrons. The Balaban J connectivity index is 1.65. The van der Waals surface area contributed by atoms with Gasteiger partial charge in [-0.3, -0.25) is 0 Å². The Bertz CT molecular complexity index is 1110. The first-order valence-corrected chi connectivity index (χ1v) is 10.1. The van der Waals surface area contributed by atoms with E-state index >= 15 is 0 Å². The number of carbonyl (C=O) groups is 1. The predicted molar refractivity (Wildman–Crippen MR) is 119 cm³/mol. The lowest BCUT2D eigenvalue weighted by Crippen LogP contribution is -2.03. The van der Waals surface area contributed by atoms with Gasteiger partial charge < -0.3 is 14.9 Å². The Hall–Kier alpha value is -3.62. The number of aryl methyl sites for hydroxylation is 2. The topological polar surface area (TPSA) is 79.7 Å². The number of carboxylic acids is 1. The molecule has 1 atom stereocenters. The summed E-state index contributed by atoms with van der Waals surface area (Å²) in [5.74, 6) is 6.08. The lowest BCUT2D eigenvalue weighted by molar-refractivity contribution is 0.0697. The van der Waals surface area contributed by atoms with Gasteiger partial charge in [0.2, 0.25) is 0 Å². The number of ether oxygens (including phenoxy) is 1. The molecule has 158 valence electrons. The summed E-state index contributed by atoms with van der Waals surface area (Å²) in [6.07, 6.45) is 1.09. The molecule has 1 aromatic heterocycles. The fourth-order valence-corrected chi connectivity index (χ4v) is 3.25. The van der Waals surface area contributed by atoms with Crippen molar-refractivity contribution in [3.63, 3.8) is 0 Å². The Kier molecular flexibility index (Phi) is 7.42. The van der Waals surface area contributed by atoms with Crippen LogP contribution in [0.15, 0.2) is 60.7 Å². The molecule has 0 aliphatic rings. The molecule has 1 heterocycles. The van der Waals surface area contributed by atoms with E-state index in [0.29, 0.717) is 25.0 Å². The largest absolute Gasteiger partial charge is 0.497 e.